The Balaban J connectivity index is 0.000000980. The smallest absolute Gasteiger partial charge is 0.123 e. The molecule has 1 aliphatic rings. The summed E-state index contributed by atoms with van der Waals surface area (Å²) in [5, 5.41) is 3.23. The second kappa shape index (κ2) is 5.29. The van der Waals surface area contributed by atoms with Crippen LogP contribution >= 0.6 is 12.4 Å². The summed E-state index contributed by atoms with van der Waals surface area (Å²) in [5.74, 6) is -0.201. The summed E-state index contributed by atoms with van der Waals surface area (Å²) in [4.78, 5) is 0. The van der Waals surface area contributed by atoms with E-state index < -0.39 is 0 Å². The fraction of sp³-hybridized carbons (Fsp3) is 0.400. The molecule has 0 radical (unpaired) electrons. The second-order valence-corrected chi connectivity index (χ2v) is 3.12. The van der Waals surface area contributed by atoms with Gasteiger partial charge in [-0.15, -0.1) is 12.4 Å². The lowest BCUT2D eigenvalue weighted by molar-refractivity contribution is 0.0276. The van der Waals surface area contributed by atoms with E-state index in [4.69, 9.17) is 4.74 Å². The van der Waals surface area contributed by atoms with E-state index in [-0.39, 0.29) is 24.3 Å². The number of nitrogens with one attached hydrogen (secondary N) is 1. The molecular formula is C10H13ClFNO. The van der Waals surface area contributed by atoms with Crippen molar-refractivity contribution < 1.29 is 9.13 Å². The Hall–Kier alpha value is -0.640. The fourth-order valence-corrected chi connectivity index (χ4v) is 1.46. The molecule has 0 saturated carbocycles. The van der Waals surface area contributed by atoms with Gasteiger partial charge >= 0.3 is 0 Å². The van der Waals surface area contributed by atoms with Gasteiger partial charge in [-0.3, -0.25) is 0 Å². The van der Waals surface area contributed by atoms with Crippen LogP contribution in [0, 0.1) is 5.82 Å². The Morgan fingerprint density at radius 2 is 2.00 bits per heavy atom. The number of halogens is 2. The molecule has 1 aliphatic heterocycles. The van der Waals surface area contributed by atoms with Gasteiger partial charge in [0, 0.05) is 13.1 Å². The highest BCUT2D eigenvalue weighted by Gasteiger charge is 2.14. The minimum atomic E-state index is -0.201. The van der Waals surface area contributed by atoms with Crippen LogP contribution in [0.1, 0.15) is 11.7 Å². The molecule has 1 heterocycles. The zero-order chi connectivity index (χ0) is 9.10. The summed E-state index contributed by atoms with van der Waals surface area (Å²) in [6.07, 6.45) is 0.0781. The van der Waals surface area contributed by atoms with E-state index in [1.165, 1.54) is 12.1 Å². The Morgan fingerprint density at radius 3 is 2.57 bits per heavy atom. The average Bonchev–Trinajstić information content (AvgIpc) is 2.20. The van der Waals surface area contributed by atoms with E-state index >= 15 is 0 Å². The van der Waals surface area contributed by atoms with E-state index in [9.17, 15) is 4.39 Å². The number of rotatable bonds is 1. The molecule has 1 N–H and O–H groups in total. The third kappa shape index (κ3) is 2.67. The maximum Gasteiger partial charge on any atom is 0.123 e. The lowest BCUT2D eigenvalue weighted by Gasteiger charge is -2.23. The number of ether oxygens (including phenoxy) is 1. The summed E-state index contributed by atoms with van der Waals surface area (Å²) in [6, 6.07) is 6.47. The van der Waals surface area contributed by atoms with Crippen molar-refractivity contribution in [2.75, 3.05) is 19.7 Å². The minimum absolute atomic E-state index is 0. The lowest BCUT2D eigenvalue weighted by Crippen LogP contribution is -2.33. The number of hydrogen-bond acceptors (Lipinski definition) is 2. The maximum atomic E-state index is 12.6. The van der Waals surface area contributed by atoms with E-state index in [0.29, 0.717) is 0 Å². The Kier molecular flexibility index (Phi) is 4.32. The van der Waals surface area contributed by atoms with Crippen LogP contribution in [-0.4, -0.2) is 19.7 Å². The third-order valence-electron chi connectivity index (χ3n) is 2.17. The zero-order valence-electron chi connectivity index (χ0n) is 7.70. The molecular weight excluding hydrogens is 205 g/mol. The Labute approximate surface area is 88.9 Å². The van der Waals surface area contributed by atoms with Gasteiger partial charge in [0.1, 0.15) is 5.82 Å². The van der Waals surface area contributed by atoms with Gasteiger partial charge in [-0.1, -0.05) is 12.1 Å². The van der Waals surface area contributed by atoms with E-state index in [1.54, 1.807) is 12.1 Å². The van der Waals surface area contributed by atoms with Crippen molar-refractivity contribution in [2.45, 2.75) is 6.10 Å². The Morgan fingerprint density at radius 1 is 1.29 bits per heavy atom. The summed E-state index contributed by atoms with van der Waals surface area (Å²) >= 11 is 0. The zero-order valence-corrected chi connectivity index (χ0v) is 8.52. The topological polar surface area (TPSA) is 21.3 Å². The van der Waals surface area contributed by atoms with E-state index in [1.807, 2.05) is 0 Å². The van der Waals surface area contributed by atoms with Gasteiger partial charge in [-0.05, 0) is 17.7 Å². The van der Waals surface area contributed by atoms with Gasteiger partial charge in [0.05, 0.1) is 12.7 Å². The molecule has 1 fully saturated rings. The van der Waals surface area contributed by atoms with Crippen LogP contribution in [0.4, 0.5) is 4.39 Å². The fourth-order valence-electron chi connectivity index (χ4n) is 1.46. The highest BCUT2D eigenvalue weighted by molar-refractivity contribution is 5.85. The Bertz CT molecular complexity index is 272. The van der Waals surface area contributed by atoms with Crippen molar-refractivity contribution in [3.8, 4) is 0 Å². The van der Waals surface area contributed by atoms with Crippen LogP contribution in [0.15, 0.2) is 24.3 Å². The number of benzene rings is 1. The molecule has 4 heteroatoms. The molecule has 0 aromatic heterocycles. The van der Waals surface area contributed by atoms with Crippen LogP contribution in [0.3, 0.4) is 0 Å². The van der Waals surface area contributed by atoms with Crippen molar-refractivity contribution in [3.05, 3.63) is 35.6 Å². The first-order chi connectivity index (χ1) is 6.36. The maximum absolute atomic E-state index is 12.6. The normalized spacial score (nSPS) is 21.4. The molecule has 1 atom stereocenters. The molecule has 14 heavy (non-hydrogen) atoms. The molecule has 0 spiro atoms. The predicted molar refractivity (Wildman–Crippen MR) is 55.2 cm³/mol. The molecule has 2 rings (SSSR count). The highest BCUT2D eigenvalue weighted by atomic mass is 35.5. The average molecular weight is 218 g/mol. The second-order valence-electron chi connectivity index (χ2n) is 3.12. The molecule has 1 aromatic rings. The van der Waals surface area contributed by atoms with Crippen molar-refractivity contribution in [2.24, 2.45) is 0 Å². The molecule has 2 nitrogen and oxygen atoms in total. The standard InChI is InChI=1S/C10H12FNO.ClH/c11-9-3-1-8(2-4-9)10-7-12-5-6-13-10;/h1-4,10,12H,5-7H2;1H/t10-;/m1./s1. The quantitative estimate of drug-likeness (QED) is 0.776. The van der Waals surface area contributed by atoms with Crippen LogP contribution in [0.2, 0.25) is 0 Å². The SMILES string of the molecule is Cl.Fc1ccc([C@H]2CNCCO2)cc1. The van der Waals surface area contributed by atoms with Gasteiger partial charge < -0.3 is 10.1 Å². The molecule has 1 saturated heterocycles. The van der Waals surface area contributed by atoms with E-state index in [2.05, 4.69) is 5.32 Å². The molecule has 0 unspecified atom stereocenters. The molecule has 0 bridgehead atoms. The van der Waals surface area contributed by atoms with Crippen LogP contribution in [-0.2, 0) is 4.74 Å². The summed E-state index contributed by atoms with van der Waals surface area (Å²) in [7, 11) is 0. The van der Waals surface area contributed by atoms with Gasteiger partial charge in [-0.25, -0.2) is 4.39 Å². The van der Waals surface area contributed by atoms with Gasteiger partial charge in [0.2, 0.25) is 0 Å². The molecule has 0 aliphatic carbocycles. The first-order valence-electron chi connectivity index (χ1n) is 4.44. The number of morpholine rings is 1. The molecule has 1 aromatic carbocycles. The van der Waals surface area contributed by atoms with Crippen LogP contribution in [0.25, 0.3) is 0 Å². The van der Waals surface area contributed by atoms with Crippen molar-refractivity contribution in [1.29, 1.82) is 0 Å². The third-order valence-corrected chi connectivity index (χ3v) is 2.17. The summed E-state index contributed by atoms with van der Waals surface area (Å²) < 4.78 is 18.1. The minimum Gasteiger partial charge on any atom is -0.371 e. The summed E-state index contributed by atoms with van der Waals surface area (Å²) in [6.45, 7) is 2.44. The lowest BCUT2D eigenvalue weighted by atomic mass is 10.1. The molecule has 78 valence electrons. The molecule has 0 amide bonds. The van der Waals surface area contributed by atoms with Gasteiger partial charge in [0.15, 0.2) is 0 Å². The predicted octanol–water partition coefficient (Wildman–Crippen LogP) is 1.91. The first-order valence-corrected chi connectivity index (χ1v) is 4.44. The van der Waals surface area contributed by atoms with E-state index in [0.717, 1.165) is 25.3 Å². The van der Waals surface area contributed by atoms with Crippen molar-refractivity contribution in [1.82, 2.24) is 5.32 Å². The van der Waals surface area contributed by atoms with Crippen molar-refractivity contribution >= 4 is 12.4 Å². The monoisotopic (exact) mass is 217 g/mol. The van der Waals surface area contributed by atoms with Crippen molar-refractivity contribution in [3.63, 3.8) is 0 Å². The number of hydrogen-bond donors (Lipinski definition) is 1. The summed E-state index contributed by atoms with van der Waals surface area (Å²) in [5.41, 5.74) is 1.04. The highest BCUT2D eigenvalue weighted by Crippen LogP contribution is 2.18. The van der Waals surface area contributed by atoms with Crippen LogP contribution in [0.5, 0.6) is 0 Å². The van der Waals surface area contributed by atoms with Crippen LogP contribution < -0.4 is 5.32 Å². The van der Waals surface area contributed by atoms with Gasteiger partial charge in [-0.2, -0.15) is 0 Å². The first kappa shape index (κ1) is 11.4. The largest absolute Gasteiger partial charge is 0.371 e. The van der Waals surface area contributed by atoms with Gasteiger partial charge in [0.25, 0.3) is 0 Å².